The van der Waals surface area contributed by atoms with Crippen molar-refractivity contribution in [3.05, 3.63) is 76.2 Å². The SMILES string of the molecule is COc1ccccc1N1CCN(c2c3c(nc4nc(Cc5ccc(Cl)cc5)nn24)CCC3)CC1. The van der Waals surface area contributed by atoms with E-state index in [4.69, 9.17) is 31.4 Å². The summed E-state index contributed by atoms with van der Waals surface area (Å²) >= 11 is 6.05. The van der Waals surface area contributed by atoms with Gasteiger partial charge in [0.25, 0.3) is 5.78 Å². The number of fused-ring (bicyclic) bond motifs is 2. The van der Waals surface area contributed by atoms with Gasteiger partial charge in [0.1, 0.15) is 11.6 Å². The van der Waals surface area contributed by atoms with Crippen molar-refractivity contribution in [2.24, 2.45) is 0 Å². The van der Waals surface area contributed by atoms with Crippen LogP contribution < -0.4 is 14.5 Å². The topological polar surface area (TPSA) is 58.8 Å². The van der Waals surface area contributed by atoms with Crippen LogP contribution in [-0.4, -0.2) is 52.9 Å². The Labute approximate surface area is 204 Å². The molecule has 1 fully saturated rings. The monoisotopic (exact) mass is 474 g/mol. The number of methoxy groups -OCH3 is 1. The van der Waals surface area contributed by atoms with Crippen LogP contribution in [0, 0.1) is 0 Å². The van der Waals surface area contributed by atoms with E-state index < -0.39 is 0 Å². The van der Waals surface area contributed by atoms with Gasteiger partial charge in [-0.3, -0.25) is 0 Å². The van der Waals surface area contributed by atoms with Crippen LogP contribution in [0.1, 0.15) is 29.1 Å². The van der Waals surface area contributed by atoms with Crippen molar-refractivity contribution < 1.29 is 4.74 Å². The molecule has 0 radical (unpaired) electrons. The highest BCUT2D eigenvalue weighted by atomic mass is 35.5. The molecule has 8 heteroatoms. The quantitative estimate of drug-likeness (QED) is 0.432. The molecule has 2 aliphatic rings. The number of ether oxygens (including phenoxy) is 1. The molecule has 174 valence electrons. The van der Waals surface area contributed by atoms with Crippen LogP contribution in [0.15, 0.2) is 48.5 Å². The van der Waals surface area contributed by atoms with Gasteiger partial charge >= 0.3 is 0 Å². The highest BCUT2D eigenvalue weighted by Crippen LogP contribution is 2.33. The van der Waals surface area contributed by atoms with E-state index in [1.165, 1.54) is 17.1 Å². The van der Waals surface area contributed by atoms with Crippen molar-refractivity contribution in [1.82, 2.24) is 19.6 Å². The lowest BCUT2D eigenvalue weighted by molar-refractivity contribution is 0.413. The molecule has 0 N–H and O–H groups in total. The van der Waals surface area contributed by atoms with Gasteiger partial charge in [-0.2, -0.15) is 9.50 Å². The fourth-order valence-corrected chi connectivity index (χ4v) is 5.26. The minimum Gasteiger partial charge on any atom is -0.495 e. The summed E-state index contributed by atoms with van der Waals surface area (Å²) in [5, 5.41) is 5.66. The number of anilines is 2. The Morgan fingerprint density at radius 1 is 0.912 bits per heavy atom. The molecular weight excluding hydrogens is 448 g/mol. The first-order valence-electron chi connectivity index (χ1n) is 11.8. The molecule has 7 nitrogen and oxygen atoms in total. The number of piperazine rings is 1. The number of aryl methyl sites for hydroxylation is 1. The highest BCUT2D eigenvalue weighted by Gasteiger charge is 2.28. The predicted molar refractivity (Wildman–Crippen MR) is 134 cm³/mol. The van der Waals surface area contributed by atoms with Gasteiger partial charge in [0.2, 0.25) is 0 Å². The molecule has 2 aromatic heterocycles. The zero-order valence-corrected chi connectivity index (χ0v) is 20.0. The average molecular weight is 475 g/mol. The molecule has 0 atom stereocenters. The van der Waals surface area contributed by atoms with Crippen LogP contribution in [0.25, 0.3) is 5.78 Å². The smallest absolute Gasteiger partial charge is 0.254 e. The molecule has 0 spiro atoms. The maximum atomic E-state index is 6.05. The fraction of sp³-hybridized carbons (Fsp3) is 0.346. The Hall–Kier alpha value is -3.32. The highest BCUT2D eigenvalue weighted by molar-refractivity contribution is 6.30. The molecule has 1 aliphatic heterocycles. The number of halogens is 1. The van der Waals surface area contributed by atoms with Crippen LogP contribution in [0.4, 0.5) is 11.5 Å². The predicted octanol–water partition coefficient (Wildman–Crippen LogP) is 4.19. The van der Waals surface area contributed by atoms with Gasteiger partial charge in [0.05, 0.1) is 18.5 Å². The third-order valence-corrected chi connectivity index (χ3v) is 7.06. The zero-order chi connectivity index (χ0) is 23.1. The number of hydrogen-bond acceptors (Lipinski definition) is 6. The number of rotatable bonds is 5. The first kappa shape index (κ1) is 21.2. The molecule has 6 rings (SSSR count). The number of hydrogen-bond donors (Lipinski definition) is 0. The summed E-state index contributed by atoms with van der Waals surface area (Å²) in [7, 11) is 1.73. The second-order valence-electron chi connectivity index (χ2n) is 8.90. The normalized spacial score (nSPS) is 15.7. The van der Waals surface area contributed by atoms with E-state index in [9.17, 15) is 0 Å². The van der Waals surface area contributed by atoms with Gasteiger partial charge in [0, 0.05) is 43.2 Å². The summed E-state index contributed by atoms with van der Waals surface area (Å²) in [4.78, 5) is 14.6. The molecule has 0 amide bonds. The molecule has 34 heavy (non-hydrogen) atoms. The van der Waals surface area contributed by atoms with E-state index in [0.717, 1.165) is 73.3 Å². The van der Waals surface area contributed by atoms with E-state index >= 15 is 0 Å². The molecule has 4 aromatic rings. The molecule has 3 heterocycles. The van der Waals surface area contributed by atoms with E-state index in [2.05, 4.69) is 21.9 Å². The number of para-hydroxylation sites is 2. The summed E-state index contributed by atoms with van der Waals surface area (Å²) in [5.74, 6) is 3.58. The molecule has 0 saturated carbocycles. The lowest BCUT2D eigenvalue weighted by atomic mass is 10.1. The van der Waals surface area contributed by atoms with Crippen molar-refractivity contribution in [2.75, 3.05) is 43.1 Å². The third kappa shape index (κ3) is 3.84. The van der Waals surface area contributed by atoms with Crippen LogP contribution in [0.3, 0.4) is 0 Å². The van der Waals surface area contributed by atoms with Crippen molar-refractivity contribution in [3.63, 3.8) is 0 Å². The number of benzene rings is 2. The summed E-state index contributed by atoms with van der Waals surface area (Å²) in [6, 6.07) is 16.1. The van der Waals surface area contributed by atoms with Crippen molar-refractivity contribution >= 4 is 28.9 Å². The second kappa shape index (κ2) is 8.80. The lowest BCUT2D eigenvalue weighted by Gasteiger charge is -2.38. The molecule has 0 bridgehead atoms. The Morgan fingerprint density at radius 2 is 1.68 bits per heavy atom. The van der Waals surface area contributed by atoms with Crippen LogP contribution in [-0.2, 0) is 19.3 Å². The Bertz CT molecular complexity index is 1330. The molecule has 0 unspecified atom stereocenters. The minimum absolute atomic E-state index is 0.659. The summed E-state index contributed by atoms with van der Waals surface area (Å²) in [5.41, 5.74) is 4.81. The zero-order valence-electron chi connectivity index (χ0n) is 19.2. The first-order chi connectivity index (χ1) is 16.7. The number of nitrogens with zero attached hydrogens (tertiary/aromatic N) is 6. The summed E-state index contributed by atoms with van der Waals surface area (Å²) in [6.07, 6.45) is 3.86. The van der Waals surface area contributed by atoms with Gasteiger partial charge in [0.15, 0.2) is 5.82 Å². The number of aromatic nitrogens is 4. The largest absolute Gasteiger partial charge is 0.495 e. The second-order valence-corrected chi connectivity index (χ2v) is 9.34. The van der Waals surface area contributed by atoms with E-state index in [1.807, 2.05) is 40.9 Å². The van der Waals surface area contributed by atoms with Gasteiger partial charge in [-0.1, -0.05) is 35.9 Å². The molecule has 2 aromatic carbocycles. The van der Waals surface area contributed by atoms with Gasteiger partial charge in [-0.05, 0) is 49.1 Å². The van der Waals surface area contributed by atoms with Crippen LogP contribution in [0.5, 0.6) is 5.75 Å². The van der Waals surface area contributed by atoms with Crippen LogP contribution in [0.2, 0.25) is 5.02 Å². The Balaban J connectivity index is 1.30. The van der Waals surface area contributed by atoms with E-state index in [0.29, 0.717) is 12.2 Å². The standard InChI is InChI=1S/C26H27ClN6O/c1-34-23-8-3-2-7-22(23)31-13-15-32(16-14-31)25-20-5-4-6-21(20)28-26-29-24(30-33(25)26)17-18-9-11-19(27)12-10-18/h2-3,7-12H,4-6,13-17H2,1H3. The molecular formula is C26H27ClN6O. The first-order valence-corrected chi connectivity index (χ1v) is 12.2. The Kier molecular flexibility index (Phi) is 5.49. The fourth-order valence-electron chi connectivity index (χ4n) is 5.14. The van der Waals surface area contributed by atoms with Gasteiger partial charge in [-0.15, -0.1) is 5.10 Å². The van der Waals surface area contributed by atoms with Gasteiger partial charge < -0.3 is 14.5 Å². The van der Waals surface area contributed by atoms with E-state index in [1.54, 1.807) is 7.11 Å². The maximum Gasteiger partial charge on any atom is 0.254 e. The minimum atomic E-state index is 0.659. The van der Waals surface area contributed by atoms with Gasteiger partial charge in [-0.25, -0.2) is 4.98 Å². The molecule has 1 saturated heterocycles. The van der Waals surface area contributed by atoms with Crippen molar-refractivity contribution in [3.8, 4) is 5.75 Å². The summed E-state index contributed by atoms with van der Waals surface area (Å²) in [6.45, 7) is 3.67. The van der Waals surface area contributed by atoms with Crippen molar-refractivity contribution in [1.29, 1.82) is 0 Å². The molecule has 1 aliphatic carbocycles. The lowest BCUT2D eigenvalue weighted by Crippen LogP contribution is -2.47. The Morgan fingerprint density at radius 3 is 2.47 bits per heavy atom. The summed E-state index contributed by atoms with van der Waals surface area (Å²) < 4.78 is 7.57. The average Bonchev–Trinajstić information content (AvgIpc) is 3.50. The third-order valence-electron chi connectivity index (χ3n) is 6.81. The van der Waals surface area contributed by atoms with Crippen molar-refractivity contribution in [2.45, 2.75) is 25.7 Å². The maximum absolute atomic E-state index is 6.05. The van der Waals surface area contributed by atoms with Crippen LogP contribution >= 0.6 is 11.6 Å². The van der Waals surface area contributed by atoms with E-state index in [-0.39, 0.29) is 0 Å².